The fourth-order valence-electron chi connectivity index (χ4n) is 3.64. The van der Waals surface area contributed by atoms with Gasteiger partial charge in [0.1, 0.15) is 11.1 Å². The molecule has 1 saturated heterocycles. The average Bonchev–Trinajstić information content (AvgIpc) is 2.84. The number of benzene rings is 1. The molecule has 0 radical (unpaired) electrons. The van der Waals surface area contributed by atoms with Crippen LogP contribution in [-0.2, 0) is 22.4 Å². The quantitative estimate of drug-likeness (QED) is 0.603. The van der Waals surface area contributed by atoms with Gasteiger partial charge < -0.3 is 0 Å². The zero-order valence-corrected chi connectivity index (χ0v) is 15.7. The second-order valence-corrected chi connectivity index (χ2v) is 8.02. The molecule has 1 aliphatic carbocycles. The van der Waals surface area contributed by atoms with Crippen molar-refractivity contribution < 1.29 is 9.59 Å². The summed E-state index contributed by atoms with van der Waals surface area (Å²) in [6, 6.07) is 13.1. The van der Waals surface area contributed by atoms with Crippen molar-refractivity contribution in [2.45, 2.75) is 48.8 Å². The predicted octanol–water partition coefficient (Wildman–Crippen LogP) is 3.65. The number of rotatable bonds is 3. The summed E-state index contributed by atoms with van der Waals surface area (Å²) in [7, 11) is 0. The molecule has 0 spiro atoms. The Bertz CT molecular complexity index is 936. The molecule has 1 aliphatic heterocycles. The van der Waals surface area contributed by atoms with E-state index in [-0.39, 0.29) is 18.2 Å². The first kappa shape index (κ1) is 17.7. The minimum absolute atomic E-state index is 0.127. The molecular weight excluding hydrogens is 358 g/mol. The third-order valence-electron chi connectivity index (χ3n) is 5.01. The Labute approximate surface area is 162 Å². The summed E-state index contributed by atoms with van der Waals surface area (Å²) < 4.78 is 0. The van der Waals surface area contributed by atoms with Gasteiger partial charge in [-0.15, -0.1) is 0 Å². The number of fused-ring (bicyclic) bond motifs is 1. The topological polar surface area (TPSA) is 74.1 Å². The number of hydrogen-bond acceptors (Lipinski definition) is 5. The van der Waals surface area contributed by atoms with Gasteiger partial charge in [-0.1, -0.05) is 36.4 Å². The summed E-state index contributed by atoms with van der Waals surface area (Å²) in [5.74, 6) is -0.450. The molecule has 27 heavy (non-hydrogen) atoms. The fraction of sp³-hybridized carbons (Fsp3) is 0.333. The molecule has 4 rings (SSSR count). The third kappa shape index (κ3) is 3.47. The maximum atomic E-state index is 12.8. The summed E-state index contributed by atoms with van der Waals surface area (Å²) in [5.41, 5.74) is 3.27. The summed E-state index contributed by atoms with van der Waals surface area (Å²) in [6.07, 6.45) is 5.36. The highest BCUT2D eigenvalue weighted by Gasteiger charge is 2.40. The van der Waals surface area contributed by atoms with Crippen LogP contribution in [0.4, 0.5) is 5.69 Å². The van der Waals surface area contributed by atoms with Gasteiger partial charge in [0, 0.05) is 12.1 Å². The lowest BCUT2D eigenvalue weighted by Gasteiger charge is -2.15. The molecule has 2 heterocycles. The Morgan fingerprint density at radius 1 is 1.11 bits per heavy atom. The van der Waals surface area contributed by atoms with Crippen molar-refractivity contribution in [3.63, 3.8) is 0 Å². The molecule has 6 heteroatoms. The number of para-hydroxylation sites is 1. The van der Waals surface area contributed by atoms with Crippen LogP contribution in [0.1, 0.15) is 42.5 Å². The summed E-state index contributed by atoms with van der Waals surface area (Å²) in [5, 5.41) is 9.57. The van der Waals surface area contributed by atoms with Crippen LogP contribution in [0.2, 0.25) is 0 Å². The van der Waals surface area contributed by atoms with Crippen molar-refractivity contribution in [2.24, 2.45) is 0 Å². The molecule has 1 atom stereocenters. The maximum Gasteiger partial charge on any atom is 0.247 e. The third-order valence-corrected chi connectivity index (χ3v) is 6.20. The van der Waals surface area contributed by atoms with Crippen LogP contribution in [0.5, 0.6) is 0 Å². The highest BCUT2D eigenvalue weighted by molar-refractivity contribution is 8.00. The smallest absolute Gasteiger partial charge is 0.247 e. The van der Waals surface area contributed by atoms with Crippen LogP contribution in [0.25, 0.3) is 0 Å². The van der Waals surface area contributed by atoms with Gasteiger partial charge in [-0.25, -0.2) is 9.88 Å². The molecule has 0 unspecified atom stereocenters. The van der Waals surface area contributed by atoms with E-state index >= 15 is 0 Å². The summed E-state index contributed by atoms with van der Waals surface area (Å²) in [4.78, 5) is 31.2. The Hall–Kier alpha value is -2.65. The van der Waals surface area contributed by atoms with Crippen LogP contribution in [-0.4, -0.2) is 22.0 Å². The Balaban J connectivity index is 1.61. The Morgan fingerprint density at radius 3 is 2.67 bits per heavy atom. The van der Waals surface area contributed by atoms with E-state index < -0.39 is 5.25 Å². The lowest BCUT2D eigenvalue weighted by molar-refractivity contribution is -0.121. The van der Waals surface area contributed by atoms with Crippen LogP contribution in [0.15, 0.2) is 41.4 Å². The SMILES string of the molecule is N#Cc1cc2c(nc1S[C@H]1CC(=O)N(c3ccccc3)C1=O)CCCCC2. The number of amides is 2. The number of imide groups is 1. The van der Waals surface area contributed by atoms with Gasteiger partial charge in [0.05, 0.1) is 16.5 Å². The average molecular weight is 377 g/mol. The van der Waals surface area contributed by atoms with Crippen LogP contribution in [0, 0.1) is 11.3 Å². The van der Waals surface area contributed by atoms with Gasteiger partial charge in [0.25, 0.3) is 0 Å². The minimum Gasteiger partial charge on any atom is -0.274 e. The highest BCUT2D eigenvalue weighted by Crippen LogP contribution is 2.35. The van der Waals surface area contributed by atoms with Gasteiger partial charge in [-0.3, -0.25) is 9.59 Å². The normalized spacial score (nSPS) is 19.5. The lowest BCUT2D eigenvalue weighted by atomic mass is 10.1. The van der Waals surface area contributed by atoms with Crippen molar-refractivity contribution in [2.75, 3.05) is 4.90 Å². The monoisotopic (exact) mass is 377 g/mol. The van der Waals surface area contributed by atoms with Crippen LogP contribution >= 0.6 is 11.8 Å². The first-order valence-electron chi connectivity index (χ1n) is 9.19. The number of aromatic nitrogens is 1. The van der Waals surface area contributed by atoms with E-state index in [1.165, 1.54) is 23.1 Å². The van der Waals surface area contributed by atoms with E-state index in [1.54, 1.807) is 24.3 Å². The number of nitrogens with zero attached hydrogens (tertiary/aromatic N) is 3. The number of thioether (sulfide) groups is 1. The van der Waals surface area contributed by atoms with Crippen molar-refractivity contribution in [3.05, 3.63) is 53.2 Å². The van der Waals surface area contributed by atoms with Gasteiger partial charge >= 0.3 is 0 Å². The van der Waals surface area contributed by atoms with Gasteiger partial charge in [0.2, 0.25) is 11.8 Å². The first-order chi connectivity index (χ1) is 13.2. The molecular formula is C21H19N3O2S. The van der Waals surface area contributed by atoms with Crippen LogP contribution in [0.3, 0.4) is 0 Å². The van der Waals surface area contributed by atoms with E-state index in [4.69, 9.17) is 4.98 Å². The largest absolute Gasteiger partial charge is 0.274 e. The number of nitriles is 1. The lowest BCUT2D eigenvalue weighted by Crippen LogP contribution is -2.31. The van der Waals surface area contributed by atoms with E-state index in [0.29, 0.717) is 16.3 Å². The van der Waals surface area contributed by atoms with Crippen molar-refractivity contribution in [3.8, 4) is 6.07 Å². The molecule has 1 aromatic carbocycles. The second-order valence-electron chi connectivity index (χ2n) is 6.83. The number of carbonyl (C=O) groups excluding carboxylic acids is 2. The van der Waals surface area contributed by atoms with Gasteiger partial charge in [0.15, 0.2) is 0 Å². The Morgan fingerprint density at radius 2 is 1.89 bits per heavy atom. The van der Waals surface area contributed by atoms with Crippen molar-refractivity contribution >= 4 is 29.3 Å². The molecule has 2 aromatic rings. The van der Waals surface area contributed by atoms with Crippen molar-refractivity contribution in [1.82, 2.24) is 4.98 Å². The minimum atomic E-state index is -0.541. The second kappa shape index (κ2) is 7.53. The summed E-state index contributed by atoms with van der Waals surface area (Å²) >= 11 is 1.25. The highest BCUT2D eigenvalue weighted by atomic mass is 32.2. The number of hydrogen-bond donors (Lipinski definition) is 0. The van der Waals surface area contributed by atoms with E-state index in [2.05, 4.69) is 6.07 Å². The van der Waals surface area contributed by atoms with Gasteiger partial charge in [-0.2, -0.15) is 5.26 Å². The van der Waals surface area contributed by atoms with E-state index in [0.717, 1.165) is 36.9 Å². The molecule has 136 valence electrons. The van der Waals surface area contributed by atoms with Crippen LogP contribution < -0.4 is 4.90 Å². The first-order valence-corrected chi connectivity index (χ1v) is 10.1. The molecule has 0 saturated carbocycles. The fourth-order valence-corrected chi connectivity index (χ4v) is 4.74. The number of carbonyl (C=O) groups is 2. The number of pyridine rings is 1. The van der Waals surface area contributed by atoms with Gasteiger partial charge in [-0.05, 0) is 49.4 Å². The van der Waals surface area contributed by atoms with E-state index in [1.807, 2.05) is 12.1 Å². The molecule has 2 aliphatic rings. The maximum absolute atomic E-state index is 12.8. The summed E-state index contributed by atoms with van der Waals surface area (Å²) in [6.45, 7) is 0. The molecule has 2 amide bonds. The zero-order chi connectivity index (χ0) is 18.8. The number of anilines is 1. The molecule has 0 N–H and O–H groups in total. The molecule has 1 fully saturated rings. The molecule has 1 aromatic heterocycles. The van der Waals surface area contributed by atoms with Crippen molar-refractivity contribution in [1.29, 1.82) is 5.26 Å². The molecule has 0 bridgehead atoms. The predicted molar refractivity (Wildman–Crippen MR) is 103 cm³/mol. The standard InChI is InChI=1S/C21H19N3O2S/c22-13-15-11-14-7-3-1-6-10-17(14)23-20(15)27-18-12-19(25)24(21(18)26)16-8-4-2-5-9-16/h2,4-5,8-9,11,18H,1,3,6-7,10,12H2/t18-/m0/s1. The Kier molecular flexibility index (Phi) is 4.95. The van der Waals surface area contributed by atoms with E-state index in [9.17, 15) is 14.9 Å². The zero-order valence-electron chi connectivity index (χ0n) is 14.9. The number of aryl methyl sites for hydroxylation is 2. The molecule has 5 nitrogen and oxygen atoms in total.